The van der Waals surface area contributed by atoms with Crippen molar-refractivity contribution in [3.63, 3.8) is 0 Å². The van der Waals surface area contributed by atoms with Crippen LogP contribution in [0.15, 0.2) is 28.8 Å². The zero-order chi connectivity index (χ0) is 17.2. The van der Waals surface area contributed by atoms with Gasteiger partial charge < -0.3 is 9.63 Å². The quantitative estimate of drug-likeness (QED) is 0.913. The van der Waals surface area contributed by atoms with E-state index in [0.717, 1.165) is 5.56 Å². The fraction of sp³-hybridized carbons (Fsp3) is 0.400. The number of aliphatic hydroxyl groups is 1. The zero-order valence-corrected chi connectivity index (χ0v) is 12.5. The lowest BCUT2D eigenvalue weighted by molar-refractivity contribution is -0.159. The molecule has 0 spiro atoms. The Morgan fingerprint density at radius 1 is 1.30 bits per heavy atom. The van der Waals surface area contributed by atoms with E-state index in [-0.39, 0.29) is 11.6 Å². The van der Waals surface area contributed by atoms with Crippen LogP contribution in [0.1, 0.15) is 25.3 Å². The summed E-state index contributed by atoms with van der Waals surface area (Å²) >= 11 is 0. The first-order chi connectivity index (χ1) is 10.7. The topological polar surface area (TPSA) is 76.2 Å². The third-order valence-corrected chi connectivity index (χ3v) is 3.44. The summed E-state index contributed by atoms with van der Waals surface area (Å²) in [6, 6.07) is 6.38. The molecule has 0 aliphatic carbocycles. The van der Waals surface area contributed by atoms with Crippen molar-refractivity contribution in [3.8, 4) is 11.4 Å². The van der Waals surface area contributed by atoms with Crippen molar-refractivity contribution in [2.75, 3.05) is 0 Å². The summed E-state index contributed by atoms with van der Waals surface area (Å²) < 4.78 is 41.4. The van der Waals surface area contributed by atoms with Gasteiger partial charge in [-0.05, 0) is 25.8 Å². The number of rotatable bonds is 5. The number of halogens is 3. The highest BCUT2D eigenvalue weighted by Gasteiger charge is 2.38. The van der Waals surface area contributed by atoms with E-state index in [9.17, 15) is 23.1 Å². The molecular weight excluding hydrogens is 313 g/mol. The standard InChI is InChI=1S/C15H15F3N2O3/c1-8(21)12(9(2)22)7-10-3-5-11(6-4-10)13-19-14(23-20-13)15(16,17)18/h3-6,8,12,21H,7H2,1-2H3. The monoisotopic (exact) mass is 328 g/mol. The molecule has 2 aromatic rings. The van der Waals surface area contributed by atoms with Gasteiger partial charge in [0.05, 0.1) is 6.10 Å². The third-order valence-electron chi connectivity index (χ3n) is 3.44. The summed E-state index contributed by atoms with van der Waals surface area (Å²) in [6.45, 7) is 2.95. The molecule has 0 saturated heterocycles. The second-order valence-corrected chi connectivity index (χ2v) is 5.28. The lowest BCUT2D eigenvalue weighted by Crippen LogP contribution is -2.26. The van der Waals surface area contributed by atoms with E-state index in [2.05, 4.69) is 14.7 Å². The molecule has 2 rings (SSSR count). The summed E-state index contributed by atoms with van der Waals surface area (Å²) in [4.78, 5) is 14.8. The van der Waals surface area contributed by atoms with Gasteiger partial charge in [-0.2, -0.15) is 18.2 Å². The molecule has 124 valence electrons. The Labute approximate surface area is 130 Å². The molecule has 0 aliphatic rings. The second-order valence-electron chi connectivity index (χ2n) is 5.28. The summed E-state index contributed by atoms with van der Waals surface area (Å²) in [6.07, 6.45) is -5.12. The van der Waals surface area contributed by atoms with Gasteiger partial charge >= 0.3 is 12.1 Å². The molecule has 0 amide bonds. The normalized spacial score (nSPS) is 14.5. The highest BCUT2D eigenvalue weighted by atomic mass is 19.4. The van der Waals surface area contributed by atoms with Crippen molar-refractivity contribution in [2.24, 2.45) is 5.92 Å². The SMILES string of the molecule is CC(=O)C(Cc1ccc(-c2noc(C(F)(F)F)n2)cc1)C(C)O. The molecule has 1 aromatic heterocycles. The highest BCUT2D eigenvalue weighted by molar-refractivity contribution is 5.79. The van der Waals surface area contributed by atoms with Crippen LogP contribution in [-0.4, -0.2) is 27.1 Å². The molecule has 1 N–H and O–H groups in total. The average Bonchev–Trinajstić information content (AvgIpc) is 2.94. The van der Waals surface area contributed by atoms with Crippen LogP contribution in [0.25, 0.3) is 11.4 Å². The largest absolute Gasteiger partial charge is 0.471 e. The predicted molar refractivity (Wildman–Crippen MR) is 74.3 cm³/mol. The van der Waals surface area contributed by atoms with Crippen LogP contribution in [0.5, 0.6) is 0 Å². The van der Waals surface area contributed by atoms with E-state index in [0.29, 0.717) is 12.0 Å². The molecule has 8 heteroatoms. The number of carbonyl (C=O) groups excluding carboxylic acids is 1. The van der Waals surface area contributed by atoms with Gasteiger partial charge in [-0.3, -0.25) is 4.79 Å². The minimum Gasteiger partial charge on any atom is -0.393 e. The Kier molecular flexibility index (Phi) is 4.84. The van der Waals surface area contributed by atoms with Crippen molar-refractivity contribution in [1.29, 1.82) is 0 Å². The first-order valence-electron chi connectivity index (χ1n) is 6.87. The van der Waals surface area contributed by atoms with Gasteiger partial charge in [-0.1, -0.05) is 29.4 Å². The number of Topliss-reactive ketones (excluding diaryl/α,β-unsaturated/α-hetero) is 1. The molecule has 1 heterocycles. The molecule has 1 aromatic carbocycles. The van der Waals surface area contributed by atoms with Crippen LogP contribution in [0.4, 0.5) is 13.2 Å². The first-order valence-corrected chi connectivity index (χ1v) is 6.87. The number of ketones is 1. The van der Waals surface area contributed by atoms with Gasteiger partial charge in [0.15, 0.2) is 0 Å². The Hall–Kier alpha value is -2.22. The fourth-order valence-electron chi connectivity index (χ4n) is 2.15. The molecule has 2 atom stereocenters. The van der Waals surface area contributed by atoms with E-state index in [1.807, 2.05) is 0 Å². The van der Waals surface area contributed by atoms with E-state index < -0.39 is 24.1 Å². The molecule has 0 radical (unpaired) electrons. The molecule has 0 saturated carbocycles. The van der Waals surface area contributed by atoms with Crippen LogP contribution in [0, 0.1) is 5.92 Å². The van der Waals surface area contributed by atoms with Crippen LogP contribution in [0.2, 0.25) is 0 Å². The van der Waals surface area contributed by atoms with E-state index in [1.165, 1.54) is 6.92 Å². The van der Waals surface area contributed by atoms with E-state index in [1.54, 1.807) is 31.2 Å². The zero-order valence-electron chi connectivity index (χ0n) is 12.5. The second kappa shape index (κ2) is 6.49. The van der Waals surface area contributed by atoms with E-state index >= 15 is 0 Å². The number of carbonyl (C=O) groups is 1. The number of benzene rings is 1. The first kappa shape index (κ1) is 17.1. The van der Waals surface area contributed by atoms with Crippen LogP contribution in [-0.2, 0) is 17.4 Å². The summed E-state index contributed by atoms with van der Waals surface area (Å²) in [5.41, 5.74) is 1.14. The van der Waals surface area contributed by atoms with Crippen molar-refractivity contribution < 1.29 is 27.6 Å². The van der Waals surface area contributed by atoms with Crippen molar-refractivity contribution in [1.82, 2.24) is 10.1 Å². The molecule has 2 unspecified atom stereocenters. The van der Waals surface area contributed by atoms with Crippen molar-refractivity contribution >= 4 is 5.78 Å². The predicted octanol–water partition coefficient (Wildman–Crippen LogP) is 2.88. The molecule has 5 nitrogen and oxygen atoms in total. The van der Waals surface area contributed by atoms with Gasteiger partial charge in [0.2, 0.25) is 5.82 Å². The summed E-state index contributed by atoms with van der Waals surface area (Å²) in [5.74, 6) is -2.22. The Morgan fingerprint density at radius 2 is 1.91 bits per heavy atom. The number of hydrogen-bond acceptors (Lipinski definition) is 5. The van der Waals surface area contributed by atoms with Gasteiger partial charge in [-0.15, -0.1) is 0 Å². The van der Waals surface area contributed by atoms with Crippen molar-refractivity contribution in [3.05, 3.63) is 35.7 Å². The average molecular weight is 328 g/mol. The Bertz CT molecular complexity index is 678. The smallest absolute Gasteiger partial charge is 0.393 e. The lowest BCUT2D eigenvalue weighted by Gasteiger charge is -2.16. The van der Waals surface area contributed by atoms with Gasteiger partial charge in [0.1, 0.15) is 5.78 Å². The van der Waals surface area contributed by atoms with E-state index in [4.69, 9.17) is 0 Å². The molecular formula is C15H15F3N2O3. The maximum Gasteiger partial charge on any atom is 0.471 e. The molecule has 0 bridgehead atoms. The maximum absolute atomic E-state index is 12.4. The van der Waals surface area contributed by atoms with Crippen LogP contribution < -0.4 is 0 Å². The van der Waals surface area contributed by atoms with Crippen LogP contribution >= 0.6 is 0 Å². The Balaban J connectivity index is 2.16. The summed E-state index contributed by atoms with van der Waals surface area (Å²) in [5, 5.41) is 12.9. The van der Waals surface area contributed by atoms with Crippen molar-refractivity contribution in [2.45, 2.75) is 32.5 Å². The minimum atomic E-state index is -4.68. The summed E-state index contributed by atoms with van der Waals surface area (Å²) in [7, 11) is 0. The van der Waals surface area contributed by atoms with Gasteiger partial charge in [0.25, 0.3) is 0 Å². The number of nitrogens with zero attached hydrogens (tertiary/aromatic N) is 2. The van der Waals surface area contributed by atoms with Gasteiger partial charge in [-0.25, -0.2) is 0 Å². The molecule has 23 heavy (non-hydrogen) atoms. The number of hydrogen-bond donors (Lipinski definition) is 1. The van der Waals surface area contributed by atoms with Gasteiger partial charge in [0, 0.05) is 11.5 Å². The number of alkyl halides is 3. The highest BCUT2D eigenvalue weighted by Crippen LogP contribution is 2.29. The molecule has 0 aliphatic heterocycles. The number of aromatic nitrogens is 2. The fourth-order valence-corrected chi connectivity index (χ4v) is 2.15. The number of aliphatic hydroxyl groups excluding tert-OH is 1. The maximum atomic E-state index is 12.4. The van der Waals surface area contributed by atoms with Crippen LogP contribution in [0.3, 0.4) is 0 Å². The minimum absolute atomic E-state index is 0.128. The lowest BCUT2D eigenvalue weighted by atomic mass is 9.91. The Morgan fingerprint density at radius 3 is 2.35 bits per heavy atom. The third kappa shape index (κ3) is 4.16. The molecule has 0 fully saturated rings.